The summed E-state index contributed by atoms with van der Waals surface area (Å²) in [5.74, 6) is 1.21. The molecule has 3 heteroatoms. The molecule has 0 aliphatic heterocycles. The van der Waals surface area contributed by atoms with Crippen LogP contribution in [0.4, 0.5) is 5.69 Å². The summed E-state index contributed by atoms with van der Waals surface area (Å²) in [7, 11) is 0. The molecule has 0 radical (unpaired) electrons. The predicted octanol–water partition coefficient (Wildman–Crippen LogP) is 3.24. The molecule has 0 spiro atoms. The van der Waals surface area contributed by atoms with E-state index >= 15 is 0 Å². The van der Waals surface area contributed by atoms with Crippen LogP contribution in [0.3, 0.4) is 0 Å². The van der Waals surface area contributed by atoms with E-state index in [0.29, 0.717) is 22.7 Å². The number of ether oxygens (including phenoxy) is 1. The highest BCUT2D eigenvalue weighted by atomic mass is 16.5. The van der Waals surface area contributed by atoms with Crippen LogP contribution in [0.15, 0.2) is 42.5 Å². The van der Waals surface area contributed by atoms with Crippen LogP contribution in [0.1, 0.15) is 11.1 Å². The van der Waals surface area contributed by atoms with Gasteiger partial charge in [-0.15, -0.1) is 0 Å². The first-order chi connectivity index (χ1) is 8.20. The van der Waals surface area contributed by atoms with Gasteiger partial charge in [0.25, 0.3) is 0 Å². The van der Waals surface area contributed by atoms with Gasteiger partial charge in [-0.1, -0.05) is 23.8 Å². The lowest BCUT2D eigenvalue weighted by atomic mass is 10.2. The number of aryl methyl sites for hydroxylation is 1. The van der Waals surface area contributed by atoms with Gasteiger partial charge in [-0.25, -0.2) is 0 Å². The molecule has 2 rings (SSSR count). The fraction of sp³-hybridized carbons (Fsp3) is 0.0714. The molecule has 0 saturated carbocycles. The normalized spacial score (nSPS) is 9.65. The molecular weight excluding hydrogens is 212 g/mol. The molecule has 17 heavy (non-hydrogen) atoms. The highest BCUT2D eigenvalue weighted by Gasteiger charge is 2.06. The molecule has 0 aliphatic rings. The van der Waals surface area contributed by atoms with Gasteiger partial charge in [0.1, 0.15) is 11.8 Å². The third kappa shape index (κ3) is 2.37. The summed E-state index contributed by atoms with van der Waals surface area (Å²) in [6.45, 7) is 2.01. The Morgan fingerprint density at radius 2 is 1.82 bits per heavy atom. The van der Waals surface area contributed by atoms with E-state index in [2.05, 4.69) is 0 Å². The van der Waals surface area contributed by atoms with Crippen LogP contribution in [0.5, 0.6) is 11.5 Å². The van der Waals surface area contributed by atoms with Gasteiger partial charge >= 0.3 is 0 Å². The maximum Gasteiger partial charge on any atom is 0.151 e. The van der Waals surface area contributed by atoms with Crippen molar-refractivity contribution in [3.05, 3.63) is 53.6 Å². The monoisotopic (exact) mass is 224 g/mol. The zero-order valence-electron chi connectivity index (χ0n) is 9.47. The molecule has 3 nitrogen and oxygen atoms in total. The van der Waals surface area contributed by atoms with E-state index in [0.717, 1.165) is 5.56 Å². The number of nitriles is 1. The standard InChI is InChI=1S/C14H12N2O/c1-10-5-7-12(8-6-10)17-13-4-2-3-11(9-15)14(13)16/h2-8H,16H2,1H3. The van der Waals surface area contributed by atoms with Gasteiger partial charge in [-0.2, -0.15) is 5.26 Å². The predicted molar refractivity (Wildman–Crippen MR) is 66.8 cm³/mol. The number of benzene rings is 2. The van der Waals surface area contributed by atoms with E-state index in [4.69, 9.17) is 15.7 Å². The Morgan fingerprint density at radius 1 is 1.12 bits per heavy atom. The average Bonchev–Trinajstić information content (AvgIpc) is 2.35. The first-order valence-corrected chi connectivity index (χ1v) is 5.24. The minimum atomic E-state index is 0.371. The maximum atomic E-state index is 8.86. The van der Waals surface area contributed by atoms with Gasteiger partial charge in [-0.3, -0.25) is 0 Å². The lowest BCUT2D eigenvalue weighted by Gasteiger charge is -2.09. The molecule has 0 heterocycles. The van der Waals surface area contributed by atoms with Crippen molar-refractivity contribution in [1.29, 1.82) is 5.26 Å². The van der Waals surface area contributed by atoms with Gasteiger partial charge in [0.15, 0.2) is 5.75 Å². The highest BCUT2D eigenvalue weighted by molar-refractivity contribution is 5.63. The summed E-state index contributed by atoms with van der Waals surface area (Å²) < 4.78 is 5.63. The van der Waals surface area contributed by atoms with Gasteiger partial charge in [-0.05, 0) is 31.2 Å². The van der Waals surface area contributed by atoms with Crippen LogP contribution < -0.4 is 10.5 Å². The molecule has 2 N–H and O–H groups in total. The number of nitrogens with two attached hydrogens (primary N) is 1. The molecule has 84 valence electrons. The van der Waals surface area contributed by atoms with E-state index in [1.54, 1.807) is 18.2 Å². The van der Waals surface area contributed by atoms with Crippen molar-refractivity contribution in [2.45, 2.75) is 6.92 Å². The maximum absolute atomic E-state index is 8.86. The van der Waals surface area contributed by atoms with Crippen LogP contribution in [-0.2, 0) is 0 Å². The van der Waals surface area contributed by atoms with Gasteiger partial charge in [0, 0.05) is 0 Å². The molecule has 2 aromatic rings. The third-order valence-corrected chi connectivity index (χ3v) is 2.44. The molecular formula is C14H12N2O. The smallest absolute Gasteiger partial charge is 0.151 e. The quantitative estimate of drug-likeness (QED) is 0.796. The van der Waals surface area contributed by atoms with E-state index in [1.807, 2.05) is 37.3 Å². The molecule has 0 saturated heterocycles. The fourth-order valence-electron chi connectivity index (χ4n) is 1.46. The number of nitrogens with zero attached hydrogens (tertiary/aromatic N) is 1. The minimum absolute atomic E-state index is 0.371. The van der Waals surface area contributed by atoms with Crippen LogP contribution in [0, 0.1) is 18.3 Å². The van der Waals surface area contributed by atoms with E-state index in [9.17, 15) is 0 Å². The third-order valence-electron chi connectivity index (χ3n) is 2.44. The largest absolute Gasteiger partial charge is 0.455 e. The Morgan fingerprint density at radius 3 is 2.47 bits per heavy atom. The summed E-state index contributed by atoms with van der Waals surface area (Å²) in [6.07, 6.45) is 0. The number of rotatable bonds is 2. The second-order valence-electron chi connectivity index (χ2n) is 3.74. The van der Waals surface area contributed by atoms with Crippen molar-refractivity contribution in [3.8, 4) is 17.6 Å². The summed E-state index contributed by atoms with van der Waals surface area (Å²) in [5, 5.41) is 8.86. The number of anilines is 1. The summed E-state index contributed by atoms with van der Waals surface area (Å²) in [6, 6.07) is 14.8. The number of hydrogen-bond acceptors (Lipinski definition) is 3. The Kier molecular flexibility index (Phi) is 2.97. The molecule has 0 bridgehead atoms. The molecule has 0 unspecified atom stereocenters. The molecule has 2 aromatic carbocycles. The van der Waals surface area contributed by atoms with Crippen LogP contribution >= 0.6 is 0 Å². The second-order valence-corrected chi connectivity index (χ2v) is 3.74. The molecule has 0 amide bonds. The van der Waals surface area contributed by atoms with Crippen molar-refractivity contribution in [1.82, 2.24) is 0 Å². The van der Waals surface area contributed by atoms with Crippen molar-refractivity contribution in [2.24, 2.45) is 0 Å². The first-order valence-electron chi connectivity index (χ1n) is 5.24. The van der Waals surface area contributed by atoms with Gasteiger partial charge < -0.3 is 10.5 Å². The molecule has 0 atom stereocenters. The van der Waals surface area contributed by atoms with Crippen LogP contribution in [0.2, 0.25) is 0 Å². The van der Waals surface area contributed by atoms with Crippen molar-refractivity contribution >= 4 is 5.69 Å². The Labute approximate surface area is 100 Å². The Bertz CT molecular complexity index is 568. The molecule has 0 aliphatic carbocycles. The molecule has 0 fully saturated rings. The number of para-hydroxylation sites is 1. The Balaban J connectivity index is 2.31. The topological polar surface area (TPSA) is 59.0 Å². The zero-order chi connectivity index (χ0) is 12.3. The second kappa shape index (κ2) is 4.58. The van der Waals surface area contributed by atoms with E-state index < -0.39 is 0 Å². The zero-order valence-corrected chi connectivity index (χ0v) is 9.47. The average molecular weight is 224 g/mol. The van der Waals surface area contributed by atoms with Gasteiger partial charge in [0.05, 0.1) is 11.3 Å². The van der Waals surface area contributed by atoms with Crippen molar-refractivity contribution in [2.75, 3.05) is 5.73 Å². The Hall–Kier alpha value is -2.47. The summed E-state index contributed by atoms with van der Waals surface area (Å²) in [4.78, 5) is 0. The highest BCUT2D eigenvalue weighted by Crippen LogP contribution is 2.29. The van der Waals surface area contributed by atoms with Crippen molar-refractivity contribution in [3.63, 3.8) is 0 Å². The number of nitrogen functional groups attached to an aromatic ring is 1. The minimum Gasteiger partial charge on any atom is -0.455 e. The molecule has 0 aromatic heterocycles. The number of hydrogen-bond donors (Lipinski definition) is 1. The first kappa shape index (κ1) is 11.0. The fourth-order valence-corrected chi connectivity index (χ4v) is 1.46. The van der Waals surface area contributed by atoms with Crippen LogP contribution in [-0.4, -0.2) is 0 Å². The van der Waals surface area contributed by atoms with Gasteiger partial charge in [0.2, 0.25) is 0 Å². The van der Waals surface area contributed by atoms with E-state index in [-0.39, 0.29) is 0 Å². The van der Waals surface area contributed by atoms with E-state index in [1.165, 1.54) is 0 Å². The lowest BCUT2D eigenvalue weighted by Crippen LogP contribution is -1.95. The summed E-state index contributed by atoms with van der Waals surface area (Å²) in [5.41, 5.74) is 7.78. The SMILES string of the molecule is Cc1ccc(Oc2cccc(C#N)c2N)cc1. The summed E-state index contributed by atoms with van der Waals surface area (Å²) >= 11 is 0. The van der Waals surface area contributed by atoms with Crippen molar-refractivity contribution < 1.29 is 4.74 Å². The van der Waals surface area contributed by atoms with Crippen LogP contribution in [0.25, 0.3) is 0 Å². The lowest BCUT2D eigenvalue weighted by molar-refractivity contribution is 0.485.